The van der Waals surface area contributed by atoms with Gasteiger partial charge in [-0.1, -0.05) is 52.4 Å². The van der Waals surface area contributed by atoms with Crippen molar-refractivity contribution in [2.75, 3.05) is 36.2 Å². The molecule has 0 bridgehead atoms. The maximum Gasteiger partial charge on any atom is 0.152 e. The van der Waals surface area contributed by atoms with E-state index in [9.17, 15) is 21.9 Å². The zero-order valence-corrected chi connectivity index (χ0v) is 17.4. The van der Waals surface area contributed by atoms with E-state index in [1.165, 1.54) is 0 Å². The van der Waals surface area contributed by atoms with Gasteiger partial charge in [-0.05, 0) is 12.8 Å². The quantitative estimate of drug-likeness (QED) is 0.376. The molecule has 0 heterocycles. The molecule has 0 radical (unpaired) electrons. The molecule has 0 aromatic rings. The lowest BCUT2D eigenvalue weighted by Crippen LogP contribution is -2.28. The Morgan fingerprint density at radius 2 is 1.28 bits per heavy atom. The second-order valence-corrected chi connectivity index (χ2v) is 11.1. The van der Waals surface area contributed by atoms with Gasteiger partial charge in [0, 0.05) is 0 Å². The SMILES string of the molecule is CCCCCCS(=O)(=O)CCOCC(O)CS(=O)(=O)CCCCCC. The molecule has 8 heteroatoms. The van der Waals surface area contributed by atoms with Crippen molar-refractivity contribution in [2.45, 2.75) is 71.3 Å². The molecule has 0 aromatic carbocycles. The van der Waals surface area contributed by atoms with Crippen LogP contribution in [-0.4, -0.2) is 64.3 Å². The molecule has 0 aromatic heterocycles. The topological polar surface area (TPSA) is 97.7 Å². The summed E-state index contributed by atoms with van der Waals surface area (Å²) in [6.45, 7) is 3.96. The molecule has 0 saturated carbocycles. The second kappa shape index (κ2) is 13.9. The molecule has 0 aliphatic heterocycles. The molecular weight excluding hydrogens is 364 g/mol. The summed E-state index contributed by atoms with van der Waals surface area (Å²) in [6.07, 6.45) is 6.09. The fraction of sp³-hybridized carbons (Fsp3) is 1.00. The van der Waals surface area contributed by atoms with Gasteiger partial charge < -0.3 is 9.84 Å². The fourth-order valence-electron chi connectivity index (χ4n) is 2.43. The standard InChI is InChI=1S/C17H36O6S2/c1-3-5-7-9-12-24(19,20)14-11-23-15-17(18)16-25(21,22)13-10-8-6-4-2/h17-18H,3-16H2,1-2H3. The van der Waals surface area contributed by atoms with Gasteiger partial charge in [0.1, 0.15) is 0 Å². The first-order valence-corrected chi connectivity index (χ1v) is 13.0. The van der Waals surface area contributed by atoms with Crippen LogP contribution in [-0.2, 0) is 24.4 Å². The van der Waals surface area contributed by atoms with Crippen LogP contribution in [0.1, 0.15) is 65.2 Å². The van der Waals surface area contributed by atoms with Crippen LogP contribution in [0.3, 0.4) is 0 Å². The van der Waals surface area contributed by atoms with E-state index in [1.807, 2.05) is 0 Å². The van der Waals surface area contributed by atoms with Crippen molar-refractivity contribution in [1.29, 1.82) is 0 Å². The third-order valence-corrected chi connectivity index (χ3v) is 7.42. The van der Waals surface area contributed by atoms with Crippen molar-refractivity contribution in [3.05, 3.63) is 0 Å². The highest BCUT2D eigenvalue weighted by Gasteiger charge is 2.18. The Morgan fingerprint density at radius 1 is 0.760 bits per heavy atom. The molecule has 0 fully saturated rings. The Morgan fingerprint density at radius 3 is 1.80 bits per heavy atom. The van der Waals surface area contributed by atoms with E-state index in [0.717, 1.165) is 38.5 Å². The minimum Gasteiger partial charge on any atom is -0.390 e. The Labute approximate surface area is 154 Å². The summed E-state index contributed by atoms with van der Waals surface area (Å²) in [4.78, 5) is 0. The van der Waals surface area contributed by atoms with Gasteiger partial charge in [-0.25, -0.2) is 16.8 Å². The van der Waals surface area contributed by atoms with Crippen LogP contribution >= 0.6 is 0 Å². The summed E-state index contributed by atoms with van der Waals surface area (Å²) in [5.74, 6) is -0.181. The zero-order chi connectivity index (χ0) is 19.2. The fourth-order valence-corrected chi connectivity index (χ4v) is 5.14. The van der Waals surface area contributed by atoms with Crippen LogP contribution in [0, 0.1) is 0 Å². The summed E-state index contributed by atoms with van der Waals surface area (Å²) in [5.41, 5.74) is 0. The van der Waals surface area contributed by atoms with Gasteiger partial charge in [0.05, 0.1) is 42.3 Å². The van der Waals surface area contributed by atoms with Crippen LogP contribution in [0.2, 0.25) is 0 Å². The van der Waals surface area contributed by atoms with Crippen LogP contribution in [0.5, 0.6) is 0 Å². The Bertz CT molecular complexity index is 513. The Balaban J connectivity index is 3.89. The third-order valence-electron chi connectivity index (χ3n) is 3.91. The predicted octanol–water partition coefficient (Wildman–Crippen LogP) is 2.35. The van der Waals surface area contributed by atoms with Crippen LogP contribution in [0.4, 0.5) is 0 Å². The summed E-state index contributed by atoms with van der Waals surface area (Å²) >= 11 is 0. The van der Waals surface area contributed by atoms with Crippen LogP contribution in [0.25, 0.3) is 0 Å². The molecule has 0 saturated heterocycles. The van der Waals surface area contributed by atoms with Crippen LogP contribution < -0.4 is 0 Å². The number of aliphatic hydroxyl groups is 1. The highest BCUT2D eigenvalue weighted by molar-refractivity contribution is 7.91. The molecule has 1 unspecified atom stereocenters. The zero-order valence-electron chi connectivity index (χ0n) is 15.8. The number of hydrogen-bond donors (Lipinski definition) is 1. The number of sulfone groups is 2. The number of hydrogen-bond acceptors (Lipinski definition) is 6. The highest BCUT2D eigenvalue weighted by atomic mass is 32.2. The monoisotopic (exact) mass is 400 g/mol. The minimum absolute atomic E-state index is 0.0102. The molecule has 0 rings (SSSR count). The largest absolute Gasteiger partial charge is 0.390 e. The van der Waals surface area contributed by atoms with Crippen molar-refractivity contribution in [2.24, 2.45) is 0 Å². The van der Waals surface area contributed by atoms with Gasteiger partial charge in [-0.15, -0.1) is 0 Å². The first kappa shape index (κ1) is 24.8. The van der Waals surface area contributed by atoms with Gasteiger partial charge in [0.15, 0.2) is 19.7 Å². The summed E-state index contributed by atoms with van der Waals surface area (Å²) in [6, 6.07) is 0. The number of aliphatic hydroxyl groups excluding tert-OH is 1. The molecule has 0 aliphatic rings. The van der Waals surface area contributed by atoms with E-state index in [0.29, 0.717) is 12.8 Å². The van der Waals surface area contributed by atoms with Crippen molar-refractivity contribution >= 4 is 19.7 Å². The average molecular weight is 401 g/mol. The minimum atomic E-state index is -3.29. The maximum absolute atomic E-state index is 11.9. The third kappa shape index (κ3) is 15.8. The molecule has 152 valence electrons. The lowest BCUT2D eigenvalue weighted by atomic mass is 10.2. The van der Waals surface area contributed by atoms with Crippen LogP contribution in [0.15, 0.2) is 0 Å². The number of ether oxygens (including phenoxy) is 1. The van der Waals surface area contributed by atoms with Crippen molar-refractivity contribution in [1.82, 2.24) is 0 Å². The van der Waals surface area contributed by atoms with E-state index in [4.69, 9.17) is 4.74 Å². The summed E-state index contributed by atoms with van der Waals surface area (Å²) < 4.78 is 52.5. The molecule has 1 N–H and O–H groups in total. The van der Waals surface area contributed by atoms with Gasteiger partial charge in [0.25, 0.3) is 0 Å². The summed E-state index contributed by atoms with van der Waals surface area (Å²) in [7, 11) is -6.43. The molecule has 25 heavy (non-hydrogen) atoms. The summed E-state index contributed by atoms with van der Waals surface area (Å²) in [5, 5.41) is 9.76. The Kier molecular flexibility index (Phi) is 13.8. The number of rotatable bonds is 17. The van der Waals surface area contributed by atoms with E-state index >= 15 is 0 Å². The normalized spacial score (nSPS) is 13.9. The highest BCUT2D eigenvalue weighted by Crippen LogP contribution is 2.05. The molecule has 0 amide bonds. The molecule has 1 atom stereocenters. The average Bonchev–Trinajstić information content (AvgIpc) is 2.52. The van der Waals surface area contributed by atoms with Crippen molar-refractivity contribution < 1.29 is 26.7 Å². The van der Waals surface area contributed by atoms with E-state index in [-0.39, 0.29) is 36.2 Å². The predicted molar refractivity (Wildman–Crippen MR) is 102 cm³/mol. The second-order valence-electron chi connectivity index (χ2n) is 6.62. The van der Waals surface area contributed by atoms with Gasteiger partial charge in [0.2, 0.25) is 0 Å². The molecule has 6 nitrogen and oxygen atoms in total. The van der Waals surface area contributed by atoms with E-state index in [1.54, 1.807) is 0 Å². The van der Waals surface area contributed by atoms with E-state index < -0.39 is 25.8 Å². The van der Waals surface area contributed by atoms with Gasteiger partial charge in [-0.2, -0.15) is 0 Å². The smallest absolute Gasteiger partial charge is 0.152 e. The lowest BCUT2D eigenvalue weighted by Gasteiger charge is -2.12. The van der Waals surface area contributed by atoms with Crippen molar-refractivity contribution in [3.8, 4) is 0 Å². The van der Waals surface area contributed by atoms with Crippen molar-refractivity contribution in [3.63, 3.8) is 0 Å². The van der Waals surface area contributed by atoms with Gasteiger partial charge in [-0.3, -0.25) is 0 Å². The molecule has 0 spiro atoms. The number of unbranched alkanes of at least 4 members (excludes halogenated alkanes) is 6. The first-order chi connectivity index (χ1) is 11.7. The first-order valence-electron chi connectivity index (χ1n) is 9.39. The Hall–Kier alpha value is -0.180. The van der Waals surface area contributed by atoms with Gasteiger partial charge >= 0.3 is 0 Å². The molecular formula is C17H36O6S2. The molecule has 0 aliphatic carbocycles. The van der Waals surface area contributed by atoms with E-state index in [2.05, 4.69) is 13.8 Å². The lowest BCUT2D eigenvalue weighted by molar-refractivity contribution is 0.0550. The maximum atomic E-state index is 11.9.